The van der Waals surface area contributed by atoms with E-state index in [1.807, 2.05) is 24.3 Å². The number of nitrogens with one attached hydrogen (secondary N) is 2. The number of hydrogen-bond donors (Lipinski definition) is 2. The summed E-state index contributed by atoms with van der Waals surface area (Å²) >= 11 is 0. The summed E-state index contributed by atoms with van der Waals surface area (Å²) in [6, 6.07) is 14.3. The molecule has 2 saturated heterocycles. The van der Waals surface area contributed by atoms with E-state index in [2.05, 4.69) is 15.5 Å². The standard InChI is InChI=1S/C22H22FN3O2/c23-18-9-3-1-6-14(18)13-24-20(27)17-12-15-7-5-11-26(15)22(17)16-8-2-4-10-19(16)25-21(22)28/h1-4,6,8-10,15,17H,5,7,11-13H2,(H,24,27)(H,25,28). The minimum atomic E-state index is -0.961. The maximum Gasteiger partial charge on any atom is 0.250 e. The van der Waals surface area contributed by atoms with Gasteiger partial charge in [-0.3, -0.25) is 14.5 Å². The van der Waals surface area contributed by atoms with Crippen LogP contribution in [0.3, 0.4) is 0 Å². The fourth-order valence-corrected chi connectivity index (χ4v) is 5.33. The van der Waals surface area contributed by atoms with Crippen LogP contribution in [0.2, 0.25) is 0 Å². The highest BCUT2D eigenvalue weighted by atomic mass is 19.1. The van der Waals surface area contributed by atoms with E-state index < -0.39 is 11.5 Å². The van der Waals surface area contributed by atoms with Crippen LogP contribution in [0.15, 0.2) is 48.5 Å². The van der Waals surface area contributed by atoms with Gasteiger partial charge in [-0.15, -0.1) is 0 Å². The van der Waals surface area contributed by atoms with Crippen molar-refractivity contribution in [1.29, 1.82) is 0 Å². The van der Waals surface area contributed by atoms with Gasteiger partial charge in [0.25, 0.3) is 0 Å². The summed E-state index contributed by atoms with van der Waals surface area (Å²) in [7, 11) is 0. The normalized spacial score (nSPS) is 28.2. The van der Waals surface area contributed by atoms with Crippen LogP contribution in [0.25, 0.3) is 0 Å². The highest BCUT2D eigenvalue weighted by Crippen LogP contribution is 2.55. The number of carbonyl (C=O) groups excluding carboxylic acids is 2. The van der Waals surface area contributed by atoms with Crippen LogP contribution in [0.5, 0.6) is 0 Å². The van der Waals surface area contributed by atoms with Gasteiger partial charge in [-0.05, 0) is 37.9 Å². The zero-order valence-electron chi connectivity index (χ0n) is 15.5. The molecule has 3 atom stereocenters. The maximum absolute atomic E-state index is 13.9. The van der Waals surface area contributed by atoms with Crippen LogP contribution in [0.1, 0.15) is 30.4 Å². The summed E-state index contributed by atoms with van der Waals surface area (Å²) in [5.74, 6) is -1.14. The van der Waals surface area contributed by atoms with Gasteiger partial charge in [0.05, 0.1) is 5.92 Å². The molecule has 2 amide bonds. The van der Waals surface area contributed by atoms with E-state index in [1.165, 1.54) is 6.07 Å². The van der Waals surface area contributed by atoms with Gasteiger partial charge in [-0.1, -0.05) is 36.4 Å². The molecule has 2 aromatic carbocycles. The van der Waals surface area contributed by atoms with E-state index in [1.54, 1.807) is 18.2 Å². The highest BCUT2D eigenvalue weighted by molar-refractivity contribution is 6.09. The van der Waals surface area contributed by atoms with E-state index in [9.17, 15) is 14.0 Å². The molecule has 0 bridgehead atoms. The summed E-state index contributed by atoms with van der Waals surface area (Å²) < 4.78 is 13.9. The van der Waals surface area contributed by atoms with Crippen LogP contribution >= 0.6 is 0 Å². The number of hydrogen-bond acceptors (Lipinski definition) is 3. The molecule has 3 heterocycles. The number of carbonyl (C=O) groups is 2. The number of anilines is 1. The van der Waals surface area contributed by atoms with E-state index in [4.69, 9.17) is 0 Å². The number of amides is 2. The molecule has 1 spiro atoms. The summed E-state index contributed by atoms with van der Waals surface area (Å²) in [6.45, 7) is 0.926. The van der Waals surface area contributed by atoms with E-state index >= 15 is 0 Å². The van der Waals surface area contributed by atoms with Crippen LogP contribution in [0.4, 0.5) is 10.1 Å². The molecule has 2 N–H and O–H groups in total. The molecule has 144 valence electrons. The van der Waals surface area contributed by atoms with Gasteiger partial charge in [0.15, 0.2) is 0 Å². The van der Waals surface area contributed by atoms with E-state index in [0.29, 0.717) is 12.0 Å². The van der Waals surface area contributed by atoms with Crippen molar-refractivity contribution < 1.29 is 14.0 Å². The topological polar surface area (TPSA) is 61.4 Å². The van der Waals surface area contributed by atoms with Gasteiger partial charge < -0.3 is 10.6 Å². The fourth-order valence-electron chi connectivity index (χ4n) is 5.33. The Hall–Kier alpha value is -2.73. The Kier molecular flexibility index (Phi) is 3.98. The van der Waals surface area contributed by atoms with Crippen LogP contribution in [-0.2, 0) is 21.7 Å². The maximum atomic E-state index is 13.9. The van der Waals surface area contributed by atoms with Crippen molar-refractivity contribution >= 4 is 17.5 Å². The lowest BCUT2D eigenvalue weighted by molar-refractivity contribution is -0.137. The quantitative estimate of drug-likeness (QED) is 0.862. The lowest BCUT2D eigenvalue weighted by Crippen LogP contribution is -2.54. The predicted octanol–water partition coefficient (Wildman–Crippen LogP) is 2.77. The van der Waals surface area contributed by atoms with E-state index in [0.717, 1.165) is 30.6 Å². The Bertz CT molecular complexity index is 962. The third kappa shape index (κ3) is 2.34. The van der Waals surface area contributed by atoms with Crippen LogP contribution in [0, 0.1) is 11.7 Å². The molecule has 3 unspecified atom stereocenters. The molecule has 3 aliphatic heterocycles. The molecule has 5 rings (SSSR count). The summed E-state index contributed by atoms with van der Waals surface area (Å²) in [4.78, 5) is 28.7. The molecule has 2 aromatic rings. The van der Waals surface area contributed by atoms with Crippen molar-refractivity contribution in [3.05, 3.63) is 65.5 Å². The monoisotopic (exact) mass is 379 g/mol. The third-order valence-electron chi connectivity index (χ3n) is 6.50. The molecular formula is C22H22FN3O2. The zero-order valence-corrected chi connectivity index (χ0v) is 15.5. The number of rotatable bonds is 3. The molecule has 6 heteroatoms. The van der Waals surface area contributed by atoms with Crippen molar-refractivity contribution in [3.8, 4) is 0 Å². The van der Waals surface area contributed by atoms with Gasteiger partial charge in [-0.25, -0.2) is 4.39 Å². The number of para-hydroxylation sites is 1. The largest absolute Gasteiger partial charge is 0.352 e. The van der Waals surface area contributed by atoms with Gasteiger partial charge in [0.1, 0.15) is 11.4 Å². The minimum Gasteiger partial charge on any atom is -0.352 e. The first-order valence-electron chi connectivity index (χ1n) is 9.81. The van der Waals surface area contributed by atoms with Gasteiger partial charge in [0, 0.05) is 29.4 Å². The number of halogens is 1. The lowest BCUT2D eigenvalue weighted by Gasteiger charge is -2.36. The van der Waals surface area contributed by atoms with Gasteiger partial charge >= 0.3 is 0 Å². The first kappa shape index (κ1) is 17.4. The zero-order chi connectivity index (χ0) is 19.3. The number of nitrogens with zero attached hydrogens (tertiary/aromatic N) is 1. The Morgan fingerprint density at radius 1 is 1.21 bits per heavy atom. The van der Waals surface area contributed by atoms with Gasteiger partial charge in [0.2, 0.25) is 11.8 Å². The Labute approximate surface area is 162 Å². The smallest absolute Gasteiger partial charge is 0.250 e. The van der Waals surface area contributed by atoms with Crippen LogP contribution in [-0.4, -0.2) is 29.3 Å². The second-order valence-electron chi connectivity index (χ2n) is 7.85. The minimum absolute atomic E-state index is 0.117. The van der Waals surface area contributed by atoms with E-state index in [-0.39, 0.29) is 30.2 Å². The van der Waals surface area contributed by atoms with Crippen molar-refractivity contribution in [2.45, 2.75) is 37.4 Å². The Balaban J connectivity index is 1.49. The third-order valence-corrected chi connectivity index (χ3v) is 6.50. The van der Waals surface area contributed by atoms with Crippen molar-refractivity contribution in [1.82, 2.24) is 10.2 Å². The summed E-state index contributed by atoms with van der Waals surface area (Å²) in [6.07, 6.45) is 2.67. The number of benzene rings is 2. The first-order chi connectivity index (χ1) is 13.6. The molecule has 2 fully saturated rings. The fraction of sp³-hybridized carbons (Fsp3) is 0.364. The van der Waals surface area contributed by atoms with Crippen LogP contribution < -0.4 is 10.6 Å². The Morgan fingerprint density at radius 2 is 2.00 bits per heavy atom. The average molecular weight is 379 g/mol. The number of fused-ring (bicyclic) bond motifs is 4. The molecule has 0 aliphatic carbocycles. The second kappa shape index (κ2) is 6.41. The second-order valence-corrected chi connectivity index (χ2v) is 7.85. The highest BCUT2D eigenvalue weighted by Gasteiger charge is 2.65. The average Bonchev–Trinajstić information content (AvgIpc) is 3.35. The molecule has 3 aliphatic rings. The molecule has 5 nitrogen and oxygen atoms in total. The van der Waals surface area contributed by atoms with Gasteiger partial charge in [-0.2, -0.15) is 0 Å². The molecular weight excluding hydrogens is 357 g/mol. The SMILES string of the molecule is O=C(NCc1ccccc1F)C1CC2CCCN2C12C(=O)Nc1ccccc12. The first-order valence-corrected chi connectivity index (χ1v) is 9.81. The van der Waals surface area contributed by atoms with Crippen molar-refractivity contribution in [2.75, 3.05) is 11.9 Å². The molecule has 0 saturated carbocycles. The predicted molar refractivity (Wildman–Crippen MR) is 103 cm³/mol. The lowest BCUT2D eigenvalue weighted by atomic mass is 9.78. The summed E-state index contributed by atoms with van der Waals surface area (Å²) in [5.41, 5.74) is 1.15. The summed E-state index contributed by atoms with van der Waals surface area (Å²) in [5, 5.41) is 5.88. The van der Waals surface area contributed by atoms with Crippen molar-refractivity contribution in [3.63, 3.8) is 0 Å². The molecule has 28 heavy (non-hydrogen) atoms. The molecule has 0 aromatic heterocycles. The van der Waals surface area contributed by atoms with Crippen molar-refractivity contribution in [2.24, 2.45) is 5.92 Å². The molecule has 0 radical (unpaired) electrons. The Morgan fingerprint density at radius 3 is 2.86 bits per heavy atom.